The molecule has 0 aromatic rings. The van der Waals surface area contributed by atoms with Crippen LogP contribution in [0.3, 0.4) is 0 Å². The molecule has 0 aromatic heterocycles. The van der Waals surface area contributed by atoms with E-state index in [4.69, 9.17) is 15.9 Å². The summed E-state index contributed by atoms with van der Waals surface area (Å²) in [5, 5.41) is 16.1. The monoisotopic (exact) mass is 219 g/mol. The normalized spacial score (nSPS) is 8.93. The number of nitrogens with two attached hydrogens (primary N) is 1. The molecule has 0 aliphatic rings. The molecule has 0 spiro atoms. The zero-order valence-electron chi connectivity index (χ0n) is 9.24. The van der Waals surface area contributed by atoms with Gasteiger partial charge in [-0.2, -0.15) is 0 Å². The van der Waals surface area contributed by atoms with Crippen molar-refractivity contribution in [3.63, 3.8) is 0 Å². The van der Waals surface area contributed by atoms with Gasteiger partial charge in [-0.05, 0) is 25.8 Å². The highest BCUT2D eigenvalue weighted by molar-refractivity contribution is 5.66. The Morgan fingerprint density at radius 3 is 1.73 bits per heavy atom. The van der Waals surface area contributed by atoms with Gasteiger partial charge >= 0.3 is 11.9 Å². The zero-order chi connectivity index (χ0) is 12.1. The molecule has 90 valence electrons. The standard InChI is InChI=1S/C5H11NO2.C5H10O2/c6-4-2-1-3-5(7)8;1-2-3-4-5(6)7/h1-4,6H2,(H,7,8);2-4H2,1H3,(H,6,7). The van der Waals surface area contributed by atoms with Gasteiger partial charge in [0.05, 0.1) is 0 Å². The first kappa shape index (κ1) is 16.3. The fraction of sp³-hybridized carbons (Fsp3) is 0.800. The van der Waals surface area contributed by atoms with E-state index in [2.05, 4.69) is 0 Å². The van der Waals surface area contributed by atoms with Crippen LogP contribution in [0.15, 0.2) is 0 Å². The third kappa shape index (κ3) is 24.6. The maximum Gasteiger partial charge on any atom is 0.303 e. The number of aliphatic carboxylic acids is 2. The van der Waals surface area contributed by atoms with Crippen LogP contribution in [-0.4, -0.2) is 28.7 Å². The van der Waals surface area contributed by atoms with Gasteiger partial charge in [0.2, 0.25) is 0 Å². The molecule has 0 aliphatic carbocycles. The summed E-state index contributed by atoms with van der Waals surface area (Å²) in [5.41, 5.74) is 5.12. The summed E-state index contributed by atoms with van der Waals surface area (Å²) in [6, 6.07) is 0. The average Bonchev–Trinajstić information content (AvgIpc) is 2.15. The van der Waals surface area contributed by atoms with E-state index in [0.717, 1.165) is 19.3 Å². The SMILES string of the molecule is CCCCC(=O)O.NCCCCC(=O)O. The van der Waals surface area contributed by atoms with Gasteiger partial charge in [-0.25, -0.2) is 0 Å². The number of carbonyl (C=O) groups is 2. The molecule has 0 amide bonds. The first-order valence-electron chi connectivity index (χ1n) is 5.18. The van der Waals surface area contributed by atoms with E-state index in [9.17, 15) is 9.59 Å². The van der Waals surface area contributed by atoms with Crippen molar-refractivity contribution in [3.05, 3.63) is 0 Å². The summed E-state index contributed by atoms with van der Waals surface area (Å²) in [6.45, 7) is 2.57. The molecule has 0 heterocycles. The Kier molecular flexibility index (Phi) is 14.0. The van der Waals surface area contributed by atoms with Gasteiger partial charge in [0.1, 0.15) is 0 Å². The van der Waals surface area contributed by atoms with Gasteiger partial charge in [0, 0.05) is 12.8 Å². The van der Waals surface area contributed by atoms with Gasteiger partial charge in [0.15, 0.2) is 0 Å². The summed E-state index contributed by atoms with van der Waals surface area (Å²) in [4.78, 5) is 19.6. The van der Waals surface area contributed by atoms with Gasteiger partial charge in [0.25, 0.3) is 0 Å². The van der Waals surface area contributed by atoms with Gasteiger partial charge in [-0.3, -0.25) is 9.59 Å². The molecule has 15 heavy (non-hydrogen) atoms. The van der Waals surface area contributed by atoms with Crippen LogP contribution in [0.4, 0.5) is 0 Å². The molecule has 4 N–H and O–H groups in total. The smallest absolute Gasteiger partial charge is 0.303 e. The molecule has 0 saturated heterocycles. The first-order chi connectivity index (χ1) is 7.04. The lowest BCUT2D eigenvalue weighted by Gasteiger charge is -1.90. The fourth-order valence-corrected chi connectivity index (χ4v) is 0.749. The van der Waals surface area contributed by atoms with E-state index in [0.29, 0.717) is 19.4 Å². The van der Waals surface area contributed by atoms with Crippen LogP contribution in [0.25, 0.3) is 0 Å². The van der Waals surface area contributed by atoms with E-state index in [1.165, 1.54) is 0 Å². The molecule has 0 atom stereocenters. The van der Waals surface area contributed by atoms with Crippen molar-refractivity contribution in [2.45, 2.75) is 45.4 Å². The third-order valence-electron chi connectivity index (χ3n) is 1.59. The Balaban J connectivity index is 0. The van der Waals surface area contributed by atoms with Crippen LogP contribution in [0, 0.1) is 0 Å². The number of unbranched alkanes of at least 4 members (excludes halogenated alkanes) is 2. The van der Waals surface area contributed by atoms with E-state index in [1.807, 2.05) is 6.92 Å². The Morgan fingerprint density at radius 2 is 1.47 bits per heavy atom. The van der Waals surface area contributed by atoms with E-state index in [1.54, 1.807) is 0 Å². The lowest BCUT2D eigenvalue weighted by Crippen LogP contribution is -2.00. The zero-order valence-corrected chi connectivity index (χ0v) is 9.24. The maximum absolute atomic E-state index is 9.83. The second-order valence-corrected chi connectivity index (χ2v) is 3.14. The number of carboxylic acid groups (broad SMARTS) is 2. The largest absolute Gasteiger partial charge is 0.481 e. The van der Waals surface area contributed by atoms with Crippen molar-refractivity contribution in [1.82, 2.24) is 0 Å². The Bertz CT molecular complexity index is 171. The lowest BCUT2D eigenvalue weighted by atomic mass is 10.2. The predicted molar refractivity (Wildman–Crippen MR) is 57.7 cm³/mol. The number of carboxylic acids is 2. The van der Waals surface area contributed by atoms with Crippen molar-refractivity contribution in [2.24, 2.45) is 5.73 Å². The summed E-state index contributed by atoms with van der Waals surface area (Å²) in [5.74, 6) is -1.43. The molecular formula is C10H21NO4. The van der Waals surface area contributed by atoms with Gasteiger partial charge < -0.3 is 15.9 Å². The summed E-state index contributed by atoms with van der Waals surface area (Å²) >= 11 is 0. The molecule has 0 fully saturated rings. The van der Waals surface area contributed by atoms with E-state index < -0.39 is 11.9 Å². The highest BCUT2D eigenvalue weighted by atomic mass is 16.4. The number of hydrogen-bond acceptors (Lipinski definition) is 3. The molecular weight excluding hydrogens is 198 g/mol. The van der Waals surface area contributed by atoms with Crippen molar-refractivity contribution in [2.75, 3.05) is 6.54 Å². The van der Waals surface area contributed by atoms with Crippen molar-refractivity contribution >= 4 is 11.9 Å². The molecule has 5 heteroatoms. The summed E-state index contributed by atoms with van der Waals surface area (Å²) < 4.78 is 0. The highest BCUT2D eigenvalue weighted by Crippen LogP contribution is 1.91. The van der Waals surface area contributed by atoms with Crippen LogP contribution >= 0.6 is 0 Å². The molecule has 5 nitrogen and oxygen atoms in total. The Hall–Kier alpha value is -1.10. The number of rotatable bonds is 7. The van der Waals surface area contributed by atoms with Crippen LogP contribution in [-0.2, 0) is 9.59 Å². The average molecular weight is 219 g/mol. The molecule has 0 unspecified atom stereocenters. The molecule has 0 saturated carbocycles. The van der Waals surface area contributed by atoms with E-state index in [-0.39, 0.29) is 6.42 Å². The Morgan fingerprint density at radius 1 is 1.00 bits per heavy atom. The maximum atomic E-state index is 9.83. The highest BCUT2D eigenvalue weighted by Gasteiger charge is 1.93. The van der Waals surface area contributed by atoms with Crippen LogP contribution in [0.2, 0.25) is 0 Å². The summed E-state index contributed by atoms with van der Waals surface area (Å²) in [6.07, 6.45) is 3.84. The topological polar surface area (TPSA) is 101 Å². The molecule has 0 rings (SSSR count). The molecule has 0 bridgehead atoms. The predicted octanol–water partition coefficient (Wildman–Crippen LogP) is 1.46. The number of hydrogen-bond donors (Lipinski definition) is 3. The first-order valence-corrected chi connectivity index (χ1v) is 5.18. The van der Waals surface area contributed by atoms with Crippen LogP contribution in [0.5, 0.6) is 0 Å². The Labute approximate surface area is 90.3 Å². The molecule has 0 aromatic carbocycles. The third-order valence-corrected chi connectivity index (χ3v) is 1.59. The van der Waals surface area contributed by atoms with Crippen molar-refractivity contribution < 1.29 is 19.8 Å². The lowest BCUT2D eigenvalue weighted by molar-refractivity contribution is -0.138. The minimum Gasteiger partial charge on any atom is -0.481 e. The molecule has 0 aliphatic heterocycles. The van der Waals surface area contributed by atoms with Crippen molar-refractivity contribution in [1.29, 1.82) is 0 Å². The second-order valence-electron chi connectivity index (χ2n) is 3.14. The van der Waals surface area contributed by atoms with E-state index >= 15 is 0 Å². The fourth-order valence-electron chi connectivity index (χ4n) is 0.749. The quantitative estimate of drug-likeness (QED) is 0.563. The van der Waals surface area contributed by atoms with Crippen LogP contribution in [0.1, 0.15) is 45.4 Å². The second kappa shape index (κ2) is 12.9. The summed E-state index contributed by atoms with van der Waals surface area (Å²) in [7, 11) is 0. The van der Waals surface area contributed by atoms with Crippen molar-refractivity contribution in [3.8, 4) is 0 Å². The minimum absolute atomic E-state index is 0.247. The molecule has 0 radical (unpaired) electrons. The van der Waals surface area contributed by atoms with Gasteiger partial charge in [-0.15, -0.1) is 0 Å². The minimum atomic E-state index is -0.738. The van der Waals surface area contributed by atoms with Gasteiger partial charge in [-0.1, -0.05) is 13.3 Å². The van der Waals surface area contributed by atoms with Crippen LogP contribution < -0.4 is 5.73 Å².